The van der Waals surface area contributed by atoms with Crippen LogP contribution >= 0.6 is 27.5 Å². The van der Waals surface area contributed by atoms with Crippen LogP contribution in [0, 0.1) is 5.82 Å². The van der Waals surface area contributed by atoms with E-state index in [1.54, 1.807) is 13.0 Å². The molecule has 0 aromatic heterocycles. The third-order valence-electron chi connectivity index (χ3n) is 4.63. The number of hydrogen-bond donors (Lipinski definition) is 1. The highest BCUT2D eigenvalue weighted by Gasteiger charge is 2.27. The largest absolute Gasteiger partial charge is 0.354 e. The van der Waals surface area contributed by atoms with Gasteiger partial charge in [-0.1, -0.05) is 59.1 Å². The number of rotatable bonds is 9. The summed E-state index contributed by atoms with van der Waals surface area (Å²) in [4.78, 5) is 27.1. The fourth-order valence-electron chi connectivity index (χ4n) is 2.90. The van der Waals surface area contributed by atoms with Crippen LogP contribution in [-0.2, 0) is 22.6 Å². The molecule has 0 aliphatic heterocycles. The van der Waals surface area contributed by atoms with Crippen LogP contribution in [-0.4, -0.2) is 29.3 Å². The van der Waals surface area contributed by atoms with Gasteiger partial charge >= 0.3 is 0 Å². The second kappa shape index (κ2) is 11.3. The molecule has 0 aliphatic carbocycles. The van der Waals surface area contributed by atoms with Crippen LogP contribution in [0.25, 0.3) is 0 Å². The van der Waals surface area contributed by atoms with Gasteiger partial charge in [0.1, 0.15) is 11.9 Å². The fraction of sp³-hybridized carbons (Fsp3) is 0.364. The normalized spacial score (nSPS) is 11.8. The number of benzene rings is 2. The third-order valence-corrected chi connectivity index (χ3v) is 5.48. The minimum absolute atomic E-state index is 0.136. The molecular formula is C22H25BrClFN2O2. The summed E-state index contributed by atoms with van der Waals surface area (Å²) in [6.07, 6.45) is 1.61. The number of carbonyl (C=O) groups is 2. The molecule has 0 fully saturated rings. The first kappa shape index (κ1) is 23.4. The summed E-state index contributed by atoms with van der Waals surface area (Å²) in [5.74, 6) is -1.13. The summed E-state index contributed by atoms with van der Waals surface area (Å²) >= 11 is 9.51. The highest BCUT2D eigenvalue weighted by molar-refractivity contribution is 9.10. The molecule has 2 rings (SSSR count). The zero-order valence-corrected chi connectivity index (χ0v) is 18.9. The second-order valence-electron chi connectivity index (χ2n) is 6.85. The van der Waals surface area contributed by atoms with Crippen molar-refractivity contribution in [3.05, 3.63) is 68.9 Å². The van der Waals surface area contributed by atoms with Crippen molar-refractivity contribution < 1.29 is 14.0 Å². The van der Waals surface area contributed by atoms with Crippen molar-refractivity contribution in [3.8, 4) is 0 Å². The first-order valence-corrected chi connectivity index (χ1v) is 10.7. The number of amides is 2. The van der Waals surface area contributed by atoms with Gasteiger partial charge in [-0.3, -0.25) is 9.59 Å². The molecule has 2 amide bonds. The van der Waals surface area contributed by atoms with Crippen LogP contribution in [0.1, 0.15) is 37.8 Å². The van der Waals surface area contributed by atoms with E-state index in [2.05, 4.69) is 21.2 Å². The van der Waals surface area contributed by atoms with Crippen molar-refractivity contribution in [2.45, 2.75) is 45.7 Å². The molecule has 29 heavy (non-hydrogen) atoms. The van der Waals surface area contributed by atoms with Crippen molar-refractivity contribution in [1.29, 1.82) is 0 Å². The SMILES string of the molecule is CCCCNC(=O)[C@@H](C)N(Cc1cccc(Br)c1)C(=O)Cc1c(F)cccc1Cl. The molecule has 0 bridgehead atoms. The van der Waals surface area contributed by atoms with Gasteiger partial charge in [-0.15, -0.1) is 0 Å². The van der Waals surface area contributed by atoms with Gasteiger partial charge < -0.3 is 10.2 Å². The Hall–Kier alpha value is -1.92. The van der Waals surface area contributed by atoms with Crippen LogP contribution in [0.15, 0.2) is 46.9 Å². The second-order valence-corrected chi connectivity index (χ2v) is 8.17. The minimum Gasteiger partial charge on any atom is -0.354 e. The molecule has 1 N–H and O–H groups in total. The van der Waals surface area contributed by atoms with E-state index in [1.165, 1.54) is 17.0 Å². The zero-order valence-electron chi connectivity index (χ0n) is 16.6. The van der Waals surface area contributed by atoms with Gasteiger partial charge in [0.05, 0.1) is 6.42 Å². The molecule has 0 saturated heterocycles. The van der Waals surface area contributed by atoms with E-state index in [-0.39, 0.29) is 35.4 Å². The number of nitrogens with one attached hydrogen (secondary N) is 1. The van der Waals surface area contributed by atoms with Gasteiger partial charge in [0.2, 0.25) is 11.8 Å². The maximum absolute atomic E-state index is 14.2. The summed E-state index contributed by atoms with van der Waals surface area (Å²) < 4.78 is 15.1. The predicted octanol–water partition coefficient (Wildman–Crippen LogP) is 5.12. The average Bonchev–Trinajstić information content (AvgIpc) is 2.68. The smallest absolute Gasteiger partial charge is 0.242 e. The van der Waals surface area contributed by atoms with Gasteiger partial charge in [-0.2, -0.15) is 0 Å². The first-order chi connectivity index (χ1) is 13.8. The molecule has 156 valence electrons. The lowest BCUT2D eigenvalue weighted by atomic mass is 10.1. The molecule has 0 radical (unpaired) electrons. The van der Waals surface area contributed by atoms with Crippen molar-refractivity contribution in [3.63, 3.8) is 0 Å². The highest BCUT2D eigenvalue weighted by Crippen LogP contribution is 2.22. The topological polar surface area (TPSA) is 49.4 Å². The molecule has 4 nitrogen and oxygen atoms in total. The van der Waals surface area contributed by atoms with Gasteiger partial charge in [0, 0.05) is 28.1 Å². The van der Waals surface area contributed by atoms with Crippen LogP contribution < -0.4 is 5.32 Å². The van der Waals surface area contributed by atoms with E-state index in [1.807, 2.05) is 31.2 Å². The van der Waals surface area contributed by atoms with Gasteiger partial charge in [-0.25, -0.2) is 4.39 Å². The lowest BCUT2D eigenvalue weighted by molar-refractivity contribution is -0.140. The lowest BCUT2D eigenvalue weighted by Gasteiger charge is -2.29. The molecule has 1 atom stereocenters. The first-order valence-electron chi connectivity index (χ1n) is 9.58. The van der Waals surface area contributed by atoms with Crippen molar-refractivity contribution >= 4 is 39.3 Å². The Morgan fingerprint density at radius 1 is 1.24 bits per heavy atom. The summed E-state index contributed by atoms with van der Waals surface area (Å²) in [5.41, 5.74) is 0.998. The van der Waals surface area contributed by atoms with E-state index in [0.717, 1.165) is 22.9 Å². The van der Waals surface area contributed by atoms with Crippen LogP contribution in [0.2, 0.25) is 5.02 Å². The van der Waals surface area contributed by atoms with Crippen molar-refractivity contribution in [2.24, 2.45) is 0 Å². The maximum Gasteiger partial charge on any atom is 0.242 e. The van der Waals surface area contributed by atoms with Crippen molar-refractivity contribution in [2.75, 3.05) is 6.54 Å². The lowest BCUT2D eigenvalue weighted by Crippen LogP contribution is -2.48. The van der Waals surface area contributed by atoms with Gasteiger partial charge in [-0.05, 0) is 43.2 Å². The van der Waals surface area contributed by atoms with E-state index < -0.39 is 11.9 Å². The zero-order chi connectivity index (χ0) is 21.4. The van der Waals surface area contributed by atoms with E-state index in [9.17, 15) is 14.0 Å². The number of hydrogen-bond acceptors (Lipinski definition) is 2. The molecule has 0 aliphatic rings. The van der Waals surface area contributed by atoms with E-state index >= 15 is 0 Å². The Bertz CT molecular complexity index is 842. The Balaban J connectivity index is 2.25. The van der Waals surface area contributed by atoms with E-state index in [0.29, 0.717) is 6.54 Å². The molecule has 0 unspecified atom stereocenters. The Morgan fingerprint density at radius 2 is 1.97 bits per heavy atom. The van der Waals surface area contributed by atoms with Gasteiger partial charge in [0.15, 0.2) is 0 Å². The quantitative estimate of drug-likeness (QED) is 0.503. The molecule has 0 heterocycles. The standard InChI is InChI=1S/C22H25BrClFN2O2/c1-3-4-11-26-22(29)15(2)27(14-16-7-5-8-17(23)12-16)21(28)13-18-19(24)9-6-10-20(18)25/h5-10,12,15H,3-4,11,13-14H2,1-2H3,(H,26,29)/t15-/m1/s1. The van der Waals surface area contributed by atoms with Crippen LogP contribution in [0.4, 0.5) is 4.39 Å². The van der Waals surface area contributed by atoms with Crippen LogP contribution in [0.3, 0.4) is 0 Å². The molecule has 7 heteroatoms. The summed E-state index contributed by atoms with van der Waals surface area (Å²) in [6, 6.07) is 11.1. The fourth-order valence-corrected chi connectivity index (χ4v) is 3.58. The molecule has 2 aromatic carbocycles. The number of unbranched alkanes of at least 4 members (excludes halogenated alkanes) is 1. The third kappa shape index (κ3) is 6.82. The minimum atomic E-state index is -0.705. The monoisotopic (exact) mass is 482 g/mol. The number of nitrogens with zero attached hydrogens (tertiary/aromatic N) is 1. The summed E-state index contributed by atoms with van der Waals surface area (Å²) in [5, 5.41) is 3.06. The Morgan fingerprint density at radius 3 is 2.62 bits per heavy atom. The molecule has 2 aromatic rings. The van der Waals surface area contributed by atoms with Gasteiger partial charge in [0.25, 0.3) is 0 Å². The highest BCUT2D eigenvalue weighted by atomic mass is 79.9. The average molecular weight is 484 g/mol. The molecule has 0 spiro atoms. The predicted molar refractivity (Wildman–Crippen MR) is 117 cm³/mol. The Kier molecular flexibility index (Phi) is 9.11. The molecule has 0 saturated carbocycles. The van der Waals surface area contributed by atoms with E-state index in [4.69, 9.17) is 11.6 Å². The van der Waals surface area contributed by atoms with Crippen molar-refractivity contribution in [1.82, 2.24) is 10.2 Å². The Labute approximate surface area is 184 Å². The molecular weight excluding hydrogens is 459 g/mol. The summed E-state index contributed by atoms with van der Waals surface area (Å²) in [6.45, 7) is 4.50. The maximum atomic E-state index is 14.2. The van der Waals surface area contributed by atoms with Crippen LogP contribution in [0.5, 0.6) is 0 Å². The number of carbonyl (C=O) groups excluding carboxylic acids is 2. The summed E-state index contributed by atoms with van der Waals surface area (Å²) in [7, 11) is 0. The number of halogens is 3.